The lowest BCUT2D eigenvalue weighted by atomic mass is 9.88. The highest BCUT2D eigenvalue weighted by Gasteiger charge is 2.27. The maximum absolute atomic E-state index is 12.1. The normalized spacial score (nSPS) is 16.0. The molecule has 0 saturated heterocycles. The Labute approximate surface area is 154 Å². The number of carbonyl (C=O) groups excluding carboxylic acids is 2. The highest BCUT2D eigenvalue weighted by molar-refractivity contribution is 7.80. The predicted molar refractivity (Wildman–Crippen MR) is 102 cm³/mol. The van der Waals surface area contributed by atoms with Crippen LogP contribution in [0, 0.1) is 5.92 Å². The number of nitrogens with zero attached hydrogens (tertiary/aromatic N) is 1. The number of nitrogens with one attached hydrogen (secondary N) is 2. The largest absolute Gasteiger partial charge is 0.365 e. The van der Waals surface area contributed by atoms with E-state index in [0.717, 1.165) is 29.7 Å². The number of carbonyl (C=O) groups is 2. The van der Waals surface area contributed by atoms with Gasteiger partial charge in [0, 0.05) is 17.3 Å². The summed E-state index contributed by atoms with van der Waals surface area (Å²) >= 11 is 6.70. The molecule has 0 radical (unpaired) electrons. The van der Waals surface area contributed by atoms with Crippen molar-refractivity contribution in [2.24, 2.45) is 11.7 Å². The predicted octanol–water partition coefficient (Wildman–Crippen LogP) is 2.49. The number of primary amides is 1. The fourth-order valence-corrected chi connectivity index (χ4v) is 4.59. The van der Waals surface area contributed by atoms with Gasteiger partial charge in [-0.25, -0.2) is 0 Å². The number of hydrogen-bond acceptors (Lipinski definition) is 5. The summed E-state index contributed by atoms with van der Waals surface area (Å²) in [5.41, 5.74) is 7.48. The second-order valence-electron chi connectivity index (χ2n) is 6.07. The van der Waals surface area contributed by atoms with E-state index in [1.165, 1.54) is 17.5 Å². The monoisotopic (exact) mass is 374 g/mol. The minimum Gasteiger partial charge on any atom is -0.365 e. The van der Waals surface area contributed by atoms with E-state index in [1.54, 1.807) is 18.3 Å². The Hall–Kier alpha value is -2.32. The van der Waals surface area contributed by atoms with E-state index in [-0.39, 0.29) is 11.0 Å². The molecule has 0 saturated carbocycles. The van der Waals surface area contributed by atoms with E-state index in [9.17, 15) is 9.59 Å². The molecule has 2 amide bonds. The van der Waals surface area contributed by atoms with Crippen LogP contribution in [0.5, 0.6) is 0 Å². The van der Waals surface area contributed by atoms with Crippen LogP contribution in [0.1, 0.15) is 44.5 Å². The summed E-state index contributed by atoms with van der Waals surface area (Å²) in [6, 6.07) is 3.32. The zero-order valence-electron chi connectivity index (χ0n) is 13.7. The molecule has 3 rings (SSSR count). The number of amides is 2. The van der Waals surface area contributed by atoms with Gasteiger partial charge < -0.3 is 11.1 Å². The van der Waals surface area contributed by atoms with E-state index in [1.807, 2.05) is 0 Å². The number of anilines is 1. The maximum Gasteiger partial charge on any atom is 0.258 e. The number of fused-ring (bicyclic) bond motifs is 1. The van der Waals surface area contributed by atoms with E-state index in [0.29, 0.717) is 22.0 Å². The molecule has 0 aliphatic heterocycles. The molecule has 1 aliphatic rings. The number of pyridine rings is 1. The van der Waals surface area contributed by atoms with Crippen molar-refractivity contribution in [3.63, 3.8) is 0 Å². The van der Waals surface area contributed by atoms with Crippen molar-refractivity contribution in [3.8, 4) is 0 Å². The van der Waals surface area contributed by atoms with Gasteiger partial charge in [-0.15, -0.1) is 11.3 Å². The number of thiocarbonyl (C=S) groups is 1. The van der Waals surface area contributed by atoms with Crippen molar-refractivity contribution in [2.45, 2.75) is 26.2 Å². The van der Waals surface area contributed by atoms with Gasteiger partial charge >= 0.3 is 0 Å². The number of thiophene rings is 1. The Balaban J connectivity index is 1.77. The standard InChI is InChI=1S/C17H18N4O2S2/c1-9-4-5-11-12(7-9)25-16(13(11)14(18)22)21-17(24)20-15(23)10-3-2-6-19-8-10/h2-3,6,8-9H,4-5,7H2,1H3,(H2,18,22)(H2,20,21,23,24). The molecule has 4 N–H and O–H groups in total. The molecular weight excluding hydrogens is 356 g/mol. The lowest BCUT2D eigenvalue weighted by molar-refractivity contribution is 0.0975. The third kappa shape index (κ3) is 3.85. The van der Waals surface area contributed by atoms with Crippen LogP contribution in [-0.4, -0.2) is 21.9 Å². The molecule has 6 nitrogen and oxygen atoms in total. The Morgan fingerprint density at radius 3 is 2.92 bits per heavy atom. The van der Waals surface area contributed by atoms with Crippen LogP contribution in [0.15, 0.2) is 24.5 Å². The van der Waals surface area contributed by atoms with Crippen LogP contribution in [0.3, 0.4) is 0 Å². The zero-order chi connectivity index (χ0) is 18.0. The van der Waals surface area contributed by atoms with Crippen LogP contribution in [0.4, 0.5) is 5.00 Å². The van der Waals surface area contributed by atoms with Crippen molar-refractivity contribution in [1.82, 2.24) is 10.3 Å². The molecule has 2 aromatic rings. The van der Waals surface area contributed by atoms with Crippen LogP contribution in [-0.2, 0) is 12.8 Å². The molecular formula is C17H18N4O2S2. The van der Waals surface area contributed by atoms with E-state index < -0.39 is 5.91 Å². The number of nitrogens with two attached hydrogens (primary N) is 1. The molecule has 0 bridgehead atoms. The first-order valence-corrected chi connectivity index (χ1v) is 9.15. The second kappa shape index (κ2) is 7.28. The summed E-state index contributed by atoms with van der Waals surface area (Å²) in [5.74, 6) is -0.255. The molecule has 1 unspecified atom stereocenters. The maximum atomic E-state index is 12.1. The molecule has 25 heavy (non-hydrogen) atoms. The SMILES string of the molecule is CC1CCc2c(sc(NC(=S)NC(=O)c3cccnc3)c2C(N)=O)C1. The van der Waals surface area contributed by atoms with Gasteiger partial charge in [-0.2, -0.15) is 0 Å². The fraction of sp³-hybridized carbons (Fsp3) is 0.294. The summed E-state index contributed by atoms with van der Waals surface area (Å²) < 4.78 is 0. The smallest absolute Gasteiger partial charge is 0.258 e. The zero-order valence-corrected chi connectivity index (χ0v) is 15.3. The third-order valence-electron chi connectivity index (χ3n) is 4.14. The molecule has 1 atom stereocenters. The Morgan fingerprint density at radius 2 is 2.24 bits per heavy atom. The van der Waals surface area contributed by atoms with E-state index >= 15 is 0 Å². The highest BCUT2D eigenvalue weighted by atomic mass is 32.1. The molecule has 2 aromatic heterocycles. The Bertz CT molecular complexity index is 833. The van der Waals surface area contributed by atoms with Crippen molar-refractivity contribution in [1.29, 1.82) is 0 Å². The van der Waals surface area contributed by atoms with Crippen LogP contribution in [0.2, 0.25) is 0 Å². The quantitative estimate of drug-likeness (QED) is 0.717. The number of rotatable bonds is 3. The molecule has 2 heterocycles. The summed E-state index contributed by atoms with van der Waals surface area (Å²) in [6.45, 7) is 2.19. The summed E-state index contributed by atoms with van der Waals surface area (Å²) in [7, 11) is 0. The first-order valence-electron chi connectivity index (χ1n) is 7.92. The average molecular weight is 374 g/mol. The fourth-order valence-electron chi connectivity index (χ4n) is 2.91. The summed E-state index contributed by atoms with van der Waals surface area (Å²) in [5, 5.41) is 6.29. The van der Waals surface area contributed by atoms with Gasteiger partial charge in [-0.1, -0.05) is 6.92 Å². The van der Waals surface area contributed by atoms with Crippen LogP contribution >= 0.6 is 23.6 Å². The van der Waals surface area contributed by atoms with Gasteiger partial charge in [-0.3, -0.25) is 19.9 Å². The van der Waals surface area contributed by atoms with Crippen molar-refractivity contribution in [3.05, 3.63) is 46.1 Å². The average Bonchev–Trinajstić information content (AvgIpc) is 2.92. The van der Waals surface area contributed by atoms with Crippen LogP contribution in [0.25, 0.3) is 0 Å². The van der Waals surface area contributed by atoms with Gasteiger partial charge in [0.25, 0.3) is 11.8 Å². The molecule has 0 spiro atoms. The van der Waals surface area contributed by atoms with Crippen molar-refractivity contribution >= 4 is 45.5 Å². The van der Waals surface area contributed by atoms with Crippen molar-refractivity contribution in [2.75, 3.05) is 5.32 Å². The lowest BCUT2D eigenvalue weighted by Crippen LogP contribution is -2.34. The van der Waals surface area contributed by atoms with Crippen molar-refractivity contribution < 1.29 is 9.59 Å². The third-order valence-corrected chi connectivity index (χ3v) is 5.51. The molecule has 0 aromatic carbocycles. The Morgan fingerprint density at radius 1 is 1.44 bits per heavy atom. The topological polar surface area (TPSA) is 97.1 Å². The first-order chi connectivity index (χ1) is 12.0. The first kappa shape index (κ1) is 17.5. The van der Waals surface area contributed by atoms with Gasteiger partial charge in [0.05, 0.1) is 11.1 Å². The second-order valence-corrected chi connectivity index (χ2v) is 7.58. The molecule has 1 aliphatic carbocycles. The summed E-state index contributed by atoms with van der Waals surface area (Å²) in [4.78, 5) is 29.1. The van der Waals surface area contributed by atoms with Crippen LogP contribution < -0.4 is 16.4 Å². The lowest BCUT2D eigenvalue weighted by Gasteiger charge is -2.18. The molecule has 8 heteroatoms. The van der Waals surface area contributed by atoms with Gasteiger partial charge in [0.2, 0.25) is 0 Å². The summed E-state index contributed by atoms with van der Waals surface area (Å²) in [6.07, 6.45) is 5.84. The number of aromatic nitrogens is 1. The van der Waals surface area contributed by atoms with Gasteiger partial charge in [-0.05, 0) is 55.1 Å². The molecule has 0 fully saturated rings. The minimum absolute atomic E-state index is 0.128. The molecule has 130 valence electrons. The highest BCUT2D eigenvalue weighted by Crippen LogP contribution is 2.39. The van der Waals surface area contributed by atoms with Gasteiger partial charge in [0.1, 0.15) is 5.00 Å². The number of hydrogen-bond donors (Lipinski definition) is 3. The van der Waals surface area contributed by atoms with Gasteiger partial charge in [0.15, 0.2) is 5.11 Å². The minimum atomic E-state index is -0.476. The van der Waals surface area contributed by atoms with E-state index in [4.69, 9.17) is 18.0 Å². The Kier molecular flexibility index (Phi) is 5.10. The van der Waals surface area contributed by atoms with E-state index in [2.05, 4.69) is 22.5 Å².